The number of benzene rings is 2. The third kappa shape index (κ3) is 5.72. The van der Waals surface area contributed by atoms with Crippen molar-refractivity contribution in [2.45, 2.75) is 25.8 Å². The van der Waals surface area contributed by atoms with Gasteiger partial charge in [0.05, 0.1) is 12.2 Å². The molecule has 0 saturated carbocycles. The van der Waals surface area contributed by atoms with Gasteiger partial charge in [0.25, 0.3) is 0 Å². The lowest BCUT2D eigenvalue weighted by Crippen LogP contribution is -2.36. The van der Waals surface area contributed by atoms with Crippen molar-refractivity contribution in [2.24, 2.45) is 0 Å². The van der Waals surface area contributed by atoms with Crippen LogP contribution in [0.25, 0.3) is 0 Å². The average Bonchev–Trinajstić information content (AvgIpc) is 2.61. The molecule has 0 saturated heterocycles. The molecule has 1 amide bonds. The number of carbonyl (C=O) groups excluding carboxylic acids is 1. The molecule has 3 rings (SSSR count). The number of rotatable bonds is 6. The van der Waals surface area contributed by atoms with Crippen LogP contribution in [-0.4, -0.2) is 32.0 Å². The molecule has 0 radical (unpaired) electrons. The van der Waals surface area contributed by atoms with Crippen LogP contribution in [0.15, 0.2) is 42.5 Å². The molecule has 0 aromatic heterocycles. The number of amides is 1. The van der Waals surface area contributed by atoms with Crippen LogP contribution in [0.3, 0.4) is 0 Å². The Morgan fingerprint density at radius 3 is 2.66 bits per heavy atom. The van der Waals surface area contributed by atoms with Gasteiger partial charge in [-0.2, -0.15) is 8.78 Å². The van der Waals surface area contributed by atoms with Gasteiger partial charge in [0, 0.05) is 12.2 Å². The standard InChI is InChI=1S/C19H17F5N2O3/c20-18(21)28-16-6-2-1-5-14(16)25-17(27)11-26-9-3-4-12-10-13(7-8-15(12)26)29-19(22,23)24/h1-2,5-8,10,18H,3-4,9,11H2,(H,25,27). The van der Waals surface area contributed by atoms with Crippen LogP contribution < -0.4 is 19.7 Å². The van der Waals surface area contributed by atoms with E-state index in [0.717, 1.165) is 0 Å². The molecule has 1 aliphatic heterocycles. The van der Waals surface area contributed by atoms with Gasteiger partial charge in [-0.3, -0.25) is 4.79 Å². The number of fused-ring (bicyclic) bond motifs is 1. The lowest BCUT2D eigenvalue weighted by Gasteiger charge is -2.31. The summed E-state index contributed by atoms with van der Waals surface area (Å²) < 4.78 is 70.5. The number of alkyl halides is 5. The van der Waals surface area contributed by atoms with E-state index in [2.05, 4.69) is 14.8 Å². The van der Waals surface area contributed by atoms with Crippen LogP contribution in [-0.2, 0) is 11.2 Å². The van der Waals surface area contributed by atoms with E-state index in [9.17, 15) is 26.7 Å². The largest absolute Gasteiger partial charge is 0.573 e. The van der Waals surface area contributed by atoms with Crippen LogP contribution in [0, 0.1) is 0 Å². The Morgan fingerprint density at radius 2 is 1.93 bits per heavy atom. The normalized spacial score (nSPS) is 13.8. The van der Waals surface area contributed by atoms with Crippen molar-refractivity contribution in [1.29, 1.82) is 0 Å². The highest BCUT2D eigenvalue weighted by Crippen LogP contribution is 2.33. The number of hydrogen-bond donors (Lipinski definition) is 1. The summed E-state index contributed by atoms with van der Waals surface area (Å²) >= 11 is 0. The lowest BCUT2D eigenvalue weighted by molar-refractivity contribution is -0.274. The zero-order valence-corrected chi connectivity index (χ0v) is 15.0. The number of nitrogens with one attached hydrogen (secondary N) is 1. The number of para-hydroxylation sites is 2. The van der Waals surface area contributed by atoms with Crippen molar-refractivity contribution < 1.29 is 36.2 Å². The summed E-state index contributed by atoms with van der Waals surface area (Å²) in [7, 11) is 0. The summed E-state index contributed by atoms with van der Waals surface area (Å²) in [5, 5.41) is 2.52. The second-order valence-corrected chi connectivity index (χ2v) is 6.29. The maximum Gasteiger partial charge on any atom is 0.573 e. The van der Waals surface area contributed by atoms with Crippen molar-refractivity contribution >= 4 is 17.3 Å². The maximum absolute atomic E-state index is 12.5. The molecule has 156 valence electrons. The fraction of sp³-hybridized carbons (Fsp3) is 0.316. The smallest absolute Gasteiger partial charge is 0.433 e. The molecule has 0 atom stereocenters. The predicted molar refractivity (Wildman–Crippen MR) is 95.4 cm³/mol. The highest BCUT2D eigenvalue weighted by molar-refractivity contribution is 5.95. The predicted octanol–water partition coefficient (Wildman–Crippen LogP) is 4.58. The fourth-order valence-electron chi connectivity index (χ4n) is 3.14. The zero-order valence-electron chi connectivity index (χ0n) is 15.0. The molecule has 0 spiro atoms. The number of ether oxygens (including phenoxy) is 2. The number of anilines is 2. The Morgan fingerprint density at radius 1 is 1.17 bits per heavy atom. The first-order chi connectivity index (χ1) is 13.7. The van der Waals surface area contributed by atoms with Gasteiger partial charge in [0.2, 0.25) is 5.91 Å². The Kier molecular flexibility index (Phi) is 6.09. The highest BCUT2D eigenvalue weighted by Gasteiger charge is 2.31. The molecule has 2 aromatic carbocycles. The van der Waals surface area contributed by atoms with Gasteiger partial charge in [0.15, 0.2) is 0 Å². The van der Waals surface area contributed by atoms with Crippen LogP contribution >= 0.6 is 0 Å². The number of halogens is 5. The summed E-state index contributed by atoms with van der Waals surface area (Å²) in [4.78, 5) is 14.1. The number of hydrogen-bond acceptors (Lipinski definition) is 4. The van der Waals surface area contributed by atoms with Crippen LogP contribution in [0.4, 0.5) is 33.3 Å². The summed E-state index contributed by atoms with van der Waals surface area (Å²) in [6.45, 7) is -2.61. The Bertz CT molecular complexity index is 873. The molecule has 10 heteroatoms. The van der Waals surface area contributed by atoms with Crippen molar-refractivity contribution in [3.8, 4) is 11.5 Å². The lowest BCUT2D eigenvalue weighted by atomic mass is 10.0. The van der Waals surface area contributed by atoms with Crippen molar-refractivity contribution in [2.75, 3.05) is 23.3 Å². The second-order valence-electron chi connectivity index (χ2n) is 6.29. The quantitative estimate of drug-likeness (QED) is 0.701. The topological polar surface area (TPSA) is 50.8 Å². The Labute approximate surface area is 163 Å². The first-order valence-electron chi connectivity index (χ1n) is 8.68. The molecule has 2 aromatic rings. The van der Waals surface area contributed by atoms with Crippen molar-refractivity contribution in [1.82, 2.24) is 0 Å². The minimum absolute atomic E-state index is 0.101. The number of nitrogens with zero attached hydrogens (tertiary/aromatic N) is 1. The van der Waals surface area contributed by atoms with Gasteiger partial charge in [-0.1, -0.05) is 12.1 Å². The van der Waals surface area contributed by atoms with Crippen LogP contribution in [0.1, 0.15) is 12.0 Å². The van der Waals surface area contributed by atoms with Crippen molar-refractivity contribution in [3.63, 3.8) is 0 Å². The Hall–Kier alpha value is -3.04. The first kappa shape index (κ1) is 20.7. The second kappa shape index (κ2) is 8.54. The van der Waals surface area contributed by atoms with Crippen LogP contribution in [0.5, 0.6) is 11.5 Å². The van der Waals surface area contributed by atoms with E-state index in [4.69, 9.17) is 0 Å². The van der Waals surface area contributed by atoms with Gasteiger partial charge in [-0.05, 0) is 48.7 Å². The van der Waals surface area contributed by atoms with E-state index in [0.29, 0.717) is 30.6 Å². The van der Waals surface area contributed by atoms with E-state index >= 15 is 0 Å². The molecule has 0 unspecified atom stereocenters. The molecule has 5 nitrogen and oxygen atoms in total. The van der Waals surface area contributed by atoms with E-state index in [1.807, 2.05) is 0 Å². The Balaban J connectivity index is 1.70. The molecule has 29 heavy (non-hydrogen) atoms. The third-order valence-electron chi connectivity index (χ3n) is 4.21. The zero-order chi connectivity index (χ0) is 21.0. The van der Waals surface area contributed by atoms with Crippen LogP contribution in [0.2, 0.25) is 0 Å². The molecule has 1 heterocycles. The fourth-order valence-corrected chi connectivity index (χ4v) is 3.14. The van der Waals surface area contributed by atoms with Gasteiger partial charge < -0.3 is 19.7 Å². The minimum Gasteiger partial charge on any atom is -0.433 e. The summed E-state index contributed by atoms with van der Waals surface area (Å²) in [6, 6.07) is 9.76. The van der Waals surface area contributed by atoms with E-state index in [-0.39, 0.29) is 23.7 Å². The maximum atomic E-state index is 12.5. The van der Waals surface area contributed by atoms with E-state index in [1.54, 1.807) is 11.0 Å². The van der Waals surface area contributed by atoms with Gasteiger partial charge in [-0.15, -0.1) is 13.2 Å². The first-order valence-corrected chi connectivity index (χ1v) is 8.68. The average molecular weight is 416 g/mol. The molecule has 0 bridgehead atoms. The van der Waals surface area contributed by atoms with E-state index < -0.39 is 18.9 Å². The van der Waals surface area contributed by atoms with Gasteiger partial charge in [0.1, 0.15) is 11.5 Å². The van der Waals surface area contributed by atoms with E-state index in [1.165, 1.54) is 36.4 Å². The number of carbonyl (C=O) groups is 1. The third-order valence-corrected chi connectivity index (χ3v) is 4.21. The molecule has 0 fully saturated rings. The summed E-state index contributed by atoms with van der Waals surface area (Å²) in [6.07, 6.45) is -3.59. The highest BCUT2D eigenvalue weighted by atomic mass is 19.4. The van der Waals surface area contributed by atoms with Crippen molar-refractivity contribution in [3.05, 3.63) is 48.0 Å². The molecule has 1 aliphatic rings. The van der Waals surface area contributed by atoms with Gasteiger partial charge >= 0.3 is 13.0 Å². The number of aryl methyl sites for hydroxylation is 1. The molecule has 0 aliphatic carbocycles. The summed E-state index contributed by atoms with van der Waals surface area (Å²) in [5.74, 6) is -0.955. The summed E-state index contributed by atoms with van der Waals surface area (Å²) in [5.41, 5.74) is 1.36. The molecular formula is C19H17F5N2O3. The molecular weight excluding hydrogens is 399 g/mol. The molecule has 1 N–H and O–H groups in total. The SMILES string of the molecule is O=C(CN1CCCc2cc(OC(F)(F)F)ccc21)Nc1ccccc1OC(F)F. The van der Waals surface area contributed by atoms with Gasteiger partial charge in [-0.25, -0.2) is 0 Å². The monoisotopic (exact) mass is 416 g/mol. The minimum atomic E-state index is -4.78.